The van der Waals surface area contributed by atoms with Crippen molar-refractivity contribution in [2.75, 3.05) is 20.3 Å². The van der Waals surface area contributed by atoms with Gasteiger partial charge in [0.05, 0.1) is 19.5 Å². The smallest absolute Gasteiger partial charge is 0.315 e. The van der Waals surface area contributed by atoms with E-state index in [0.29, 0.717) is 19.0 Å². The molecule has 2 amide bonds. The van der Waals surface area contributed by atoms with Gasteiger partial charge in [-0.2, -0.15) is 0 Å². The Morgan fingerprint density at radius 3 is 3.04 bits per heavy atom. The maximum atomic E-state index is 12.5. The minimum absolute atomic E-state index is 0.00756. The molecule has 4 rings (SSSR count). The summed E-state index contributed by atoms with van der Waals surface area (Å²) < 4.78 is 16.3. The molecule has 132 valence electrons. The van der Waals surface area contributed by atoms with E-state index in [1.165, 1.54) is 5.56 Å². The second-order valence-electron chi connectivity index (χ2n) is 6.65. The number of carbonyl (C=O) groups excluding carboxylic acids is 1. The summed E-state index contributed by atoms with van der Waals surface area (Å²) in [5.41, 5.74) is 1.21. The first-order valence-electron chi connectivity index (χ1n) is 8.54. The Morgan fingerprint density at radius 1 is 1.36 bits per heavy atom. The first-order valence-corrected chi connectivity index (χ1v) is 8.54. The Balaban J connectivity index is 1.42. The van der Waals surface area contributed by atoms with Gasteiger partial charge in [-0.15, -0.1) is 0 Å². The van der Waals surface area contributed by atoms with E-state index in [9.17, 15) is 4.79 Å². The molecule has 1 spiro atoms. The minimum Gasteiger partial charge on any atom is -0.493 e. The van der Waals surface area contributed by atoms with Crippen LogP contribution in [0.2, 0.25) is 0 Å². The first kappa shape index (κ1) is 16.0. The van der Waals surface area contributed by atoms with E-state index >= 15 is 0 Å². The Hall–Kier alpha value is -2.47. The van der Waals surface area contributed by atoms with E-state index < -0.39 is 0 Å². The highest BCUT2D eigenvalue weighted by atomic mass is 16.5. The fourth-order valence-corrected chi connectivity index (χ4v) is 3.76. The summed E-state index contributed by atoms with van der Waals surface area (Å²) >= 11 is 0. The zero-order chi connectivity index (χ0) is 17.3. The fraction of sp³-hybridized carbons (Fsp3) is 0.421. The Labute approximate surface area is 146 Å². The van der Waals surface area contributed by atoms with Gasteiger partial charge in [-0.1, -0.05) is 18.2 Å². The van der Waals surface area contributed by atoms with E-state index in [2.05, 4.69) is 16.7 Å². The Kier molecular flexibility index (Phi) is 4.13. The molecule has 0 bridgehead atoms. The molecule has 0 unspecified atom stereocenters. The molecule has 0 saturated heterocycles. The van der Waals surface area contributed by atoms with Gasteiger partial charge in [0.1, 0.15) is 17.6 Å². The molecule has 1 aromatic heterocycles. The number of ether oxygens (including phenoxy) is 2. The van der Waals surface area contributed by atoms with E-state index in [1.54, 1.807) is 19.4 Å². The van der Waals surface area contributed by atoms with Gasteiger partial charge in [0.2, 0.25) is 0 Å². The standard InChI is InChI=1S/C19H22N2O4/c1-23-12-14(16-7-4-9-24-16)20-18(22)21-17-11-19(17)8-10-25-15-6-3-2-5-13(15)19/h2-7,9,14,17H,8,10-12H2,1H3,(H2,20,21,22)/t14-,17-,19+/m0/s1. The first-order chi connectivity index (χ1) is 12.2. The van der Waals surface area contributed by atoms with Crippen LogP contribution in [0.4, 0.5) is 4.79 Å². The SMILES string of the molecule is COC[C@H](NC(=O)N[C@H]1C[C@@]12CCOc1ccccc12)c1ccco1. The van der Waals surface area contributed by atoms with Gasteiger partial charge in [0, 0.05) is 24.1 Å². The number of hydrogen-bond donors (Lipinski definition) is 2. The molecule has 2 aliphatic rings. The summed E-state index contributed by atoms with van der Waals surface area (Å²) in [5, 5.41) is 6.04. The van der Waals surface area contributed by atoms with Crippen LogP contribution in [-0.2, 0) is 10.2 Å². The van der Waals surface area contributed by atoms with Crippen molar-refractivity contribution in [1.29, 1.82) is 0 Å². The van der Waals surface area contributed by atoms with E-state index in [4.69, 9.17) is 13.9 Å². The van der Waals surface area contributed by atoms with Crippen LogP contribution in [0.5, 0.6) is 5.75 Å². The monoisotopic (exact) mass is 342 g/mol. The zero-order valence-electron chi connectivity index (χ0n) is 14.2. The zero-order valence-corrected chi connectivity index (χ0v) is 14.2. The third-order valence-corrected chi connectivity index (χ3v) is 5.14. The van der Waals surface area contributed by atoms with Gasteiger partial charge in [-0.05, 0) is 31.0 Å². The van der Waals surface area contributed by atoms with Crippen LogP contribution < -0.4 is 15.4 Å². The maximum Gasteiger partial charge on any atom is 0.315 e. The second kappa shape index (κ2) is 6.44. The van der Waals surface area contributed by atoms with Crippen molar-refractivity contribution in [2.24, 2.45) is 0 Å². The lowest BCUT2D eigenvalue weighted by atomic mass is 9.89. The number of nitrogens with one attached hydrogen (secondary N) is 2. The number of amides is 2. The number of methoxy groups -OCH3 is 1. The molecule has 2 aromatic rings. The van der Waals surface area contributed by atoms with Crippen molar-refractivity contribution in [2.45, 2.75) is 30.3 Å². The number of benzene rings is 1. The molecule has 1 aliphatic heterocycles. The van der Waals surface area contributed by atoms with Crippen molar-refractivity contribution in [3.8, 4) is 5.75 Å². The molecule has 2 N–H and O–H groups in total. The lowest BCUT2D eigenvalue weighted by Crippen LogP contribution is -2.42. The highest BCUT2D eigenvalue weighted by Gasteiger charge is 2.58. The van der Waals surface area contributed by atoms with Crippen LogP contribution in [-0.4, -0.2) is 32.4 Å². The molecule has 1 aromatic carbocycles. The van der Waals surface area contributed by atoms with E-state index in [1.807, 2.05) is 24.3 Å². The van der Waals surface area contributed by atoms with Crippen molar-refractivity contribution in [3.63, 3.8) is 0 Å². The molecular formula is C19H22N2O4. The van der Waals surface area contributed by atoms with Crippen molar-refractivity contribution < 1.29 is 18.7 Å². The Morgan fingerprint density at radius 2 is 2.24 bits per heavy atom. The summed E-state index contributed by atoms with van der Waals surface area (Å²) in [7, 11) is 1.60. The summed E-state index contributed by atoms with van der Waals surface area (Å²) in [5.74, 6) is 1.62. The van der Waals surface area contributed by atoms with Crippen LogP contribution in [0.3, 0.4) is 0 Å². The molecule has 2 heterocycles. The highest BCUT2D eigenvalue weighted by molar-refractivity contribution is 5.76. The number of carbonyl (C=O) groups is 1. The normalized spacial score (nSPS) is 24.9. The average Bonchev–Trinajstić information content (AvgIpc) is 3.05. The van der Waals surface area contributed by atoms with Crippen molar-refractivity contribution >= 4 is 6.03 Å². The van der Waals surface area contributed by atoms with E-state index in [0.717, 1.165) is 18.6 Å². The van der Waals surface area contributed by atoms with Crippen LogP contribution in [0.1, 0.15) is 30.2 Å². The number of rotatable bonds is 5. The average molecular weight is 342 g/mol. The molecule has 3 atom stereocenters. The van der Waals surface area contributed by atoms with Crippen molar-refractivity contribution in [1.82, 2.24) is 10.6 Å². The lowest BCUT2D eigenvalue weighted by molar-refractivity contribution is 0.156. The topological polar surface area (TPSA) is 72.7 Å². The van der Waals surface area contributed by atoms with Crippen LogP contribution in [0.25, 0.3) is 0 Å². The van der Waals surface area contributed by atoms with Crippen LogP contribution >= 0.6 is 0 Å². The van der Waals surface area contributed by atoms with Gasteiger partial charge >= 0.3 is 6.03 Å². The number of para-hydroxylation sites is 1. The third kappa shape index (κ3) is 2.98. The molecule has 0 radical (unpaired) electrons. The summed E-state index contributed by atoms with van der Waals surface area (Å²) in [6, 6.07) is 11.3. The second-order valence-corrected chi connectivity index (χ2v) is 6.65. The molecule has 6 nitrogen and oxygen atoms in total. The molecule has 1 aliphatic carbocycles. The largest absolute Gasteiger partial charge is 0.493 e. The maximum absolute atomic E-state index is 12.5. The van der Waals surface area contributed by atoms with Gasteiger partial charge in [0.25, 0.3) is 0 Å². The lowest BCUT2D eigenvalue weighted by Gasteiger charge is -2.27. The molecular weight excluding hydrogens is 320 g/mol. The molecule has 1 saturated carbocycles. The number of hydrogen-bond acceptors (Lipinski definition) is 4. The molecule has 25 heavy (non-hydrogen) atoms. The van der Waals surface area contributed by atoms with Gasteiger partial charge in [-0.25, -0.2) is 4.79 Å². The van der Waals surface area contributed by atoms with Gasteiger partial charge in [0.15, 0.2) is 0 Å². The van der Waals surface area contributed by atoms with Gasteiger partial charge < -0.3 is 24.5 Å². The summed E-state index contributed by atoms with van der Waals surface area (Å²) in [6.07, 6.45) is 3.46. The summed E-state index contributed by atoms with van der Waals surface area (Å²) in [4.78, 5) is 12.5. The quantitative estimate of drug-likeness (QED) is 0.876. The van der Waals surface area contributed by atoms with Crippen molar-refractivity contribution in [3.05, 3.63) is 54.0 Å². The number of fused-ring (bicyclic) bond motifs is 2. The number of furan rings is 1. The van der Waals surface area contributed by atoms with E-state index in [-0.39, 0.29) is 23.5 Å². The third-order valence-electron chi connectivity index (χ3n) is 5.14. The van der Waals surface area contributed by atoms with Crippen LogP contribution in [0.15, 0.2) is 47.1 Å². The summed E-state index contributed by atoms with van der Waals surface area (Å²) in [6.45, 7) is 1.04. The minimum atomic E-state index is -0.309. The number of urea groups is 1. The molecule has 1 fully saturated rings. The predicted octanol–water partition coefficient (Wildman–Crippen LogP) is 2.76. The highest BCUT2D eigenvalue weighted by Crippen LogP contribution is 2.55. The van der Waals surface area contributed by atoms with Crippen LogP contribution in [0, 0.1) is 0 Å². The Bertz CT molecular complexity index is 746. The fourth-order valence-electron chi connectivity index (χ4n) is 3.76. The van der Waals surface area contributed by atoms with Gasteiger partial charge in [-0.3, -0.25) is 0 Å². The molecule has 6 heteroatoms. The predicted molar refractivity (Wildman–Crippen MR) is 91.6 cm³/mol.